The van der Waals surface area contributed by atoms with Crippen LogP contribution in [0.5, 0.6) is 0 Å². The van der Waals surface area contributed by atoms with Crippen LogP contribution in [0.4, 0.5) is 0 Å². The monoisotopic (exact) mass is 1240 g/mol. The number of quaternary nitrogens is 1. The second kappa shape index (κ2) is 67.3. The van der Waals surface area contributed by atoms with Gasteiger partial charge in [0.05, 0.1) is 27.7 Å². The minimum Gasteiger partial charge on any atom is -0.462 e. The van der Waals surface area contributed by atoms with Gasteiger partial charge in [-0.25, -0.2) is 4.57 Å². The molecule has 0 fully saturated rings. The van der Waals surface area contributed by atoms with Crippen LogP contribution in [0.2, 0.25) is 0 Å². The van der Waals surface area contributed by atoms with Gasteiger partial charge >= 0.3 is 19.8 Å². The number of rotatable bonds is 64. The molecule has 0 amide bonds. The van der Waals surface area contributed by atoms with Gasteiger partial charge in [0.15, 0.2) is 6.10 Å². The van der Waals surface area contributed by atoms with Crippen molar-refractivity contribution < 1.29 is 42.1 Å². The van der Waals surface area contributed by atoms with E-state index in [1.807, 2.05) is 21.1 Å². The Morgan fingerprint density at radius 2 is 0.614 bits per heavy atom. The van der Waals surface area contributed by atoms with E-state index in [2.05, 4.69) is 160 Å². The quantitative estimate of drug-likeness (QED) is 0.0211. The molecule has 2 atom stereocenters. The highest BCUT2D eigenvalue weighted by atomic mass is 31.2. The summed E-state index contributed by atoms with van der Waals surface area (Å²) >= 11 is 0. The van der Waals surface area contributed by atoms with Gasteiger partial charge in [-0.1, -0.05) is 301 Å². The van der Waals surface area contributed by atoms with Gasteiger partial charge in [0.1, 0.15) is 19.8 Å². The Labute approximate surface area is 542 Å². The summed E-state index contributed by atoms with van der Waals surface area (Å²) in [6.45, 7) is 4.18. The molecule has 0 radical (unpaired) electrons. The smallest absolute Gasteiger partial charge is 0.462 e. The number of hydrogen-bond donors (Lipinski definition) is 1. The molecule has 0 heterocycles. The Balaban J connectivity index is 4.01. The third-order valence-corrected chi connectivity index (χ3v) is 15.8. The SMILES string of the molecule is CC/C=C\C/C=C\C/C=C\C/C=C\C/C=C\C/C=C\CCCCCCCCCCCCCCCCCCCCCCCCC(=O)OC(COC(=O)CCCCCC/C=C\C/C=C\C/C=C\C/C=C\C/C=C\C/C=C\CC)COP(=O)(O)OCC[N+](C)(C)C. The Hall–Kier alpha value is -4.11. The topological polar surface area (TPSA) is 108 Å². The number of unbranched alkanes of at least 4 members (excludes halogenated alkanes) is 26. The average molecular weight is 1240 g/mol. The number of phosphoric acid groups is 1. The van der Waals surface area contributed by atoms with E-state index in [4.69, 9.17) is 18.5 Å². The second-order valence-corrected chi connectivity index (χ2v) is 26.0. The molecule has 0 bridgehead atoms. The summed E-state index contributed by atoms with van der Waals surface area (Å²) < 4.78 is 34.7. The molecule has 1 N–H and O–H groups in total. The van der Waals surface area contributed by atoms with Crippen LogP contribution in [-0.2, 0) is 32.7 Å². The van der Waals surface area contributed by atoms with E-state index in [0.29, 0.717) is 23.9 Å². The highest BCUT2D eigenvalue weighted by molar-refractivity contribution is 7.47. The maximum Gasteiger partial charge on any atom is 0.472 e. The molecule has 0 saturated carbocycles. The van der Waals surface area contributed by atoms with Gasteiger partial charge in [0.2, 0.25) is 0 Å². The number of hydrogen-bond acceptors (Lipinski definition) is 7. The lowest BCUT2D eigenvalue weighted by molar-refractivity contribution is -0.870. The van der Waals surface area contributed by atoms with E-state index < -0.39 is 32.5 Å². The normalized spacial score (nSPS) is 14.0. The molecule has 0 aromatic rings. The van der Waals surface area contributed by atoms with Crippen LogP contribution in [0.15, 0.2) is 146 Å². The van der Waals surface area contributed by atoms with Gasteiger partial charge < -0.3 is 18.9 Å². The van der Waals surface area contributed by atoms with Crippen LogP contribution in [0.25, 0.3) is 0 Å². The first-order valence-electron chi connectivity index (χ1n) is 35.6. The van der Waals surface area contributed by atoms with E-state index in [1.54, 1.807) is 0 Å². The number of ether oxygens (including phenoxy) is 2. The molecular weight excluding hydrogens is 1110 g/mol. The van der Waals surface area contributed by atoms with Gasteiger partial charge in [-0.15, -0.1) is 0 Å². The fourth-order valence-corrected chi connectivity index (χ4v) is 10.2. The number of esters is 2. The van der Waals surface area contributed by atoms with Crippen LogP contribution in [0, 0.1) is 0 Å². The van der Waals surface area contributed by atoms with E-state index >= 15 is 0 Å². The number of allylic oxidation sites excluding steroid dienone is 24. The molecule has 0 spiro atoms. The van der Waals surface area contributed by atoms with Gasteiger partial charge in [-0.2, -0.15) is 0 Å². The summed E-state index contributed by atoms with van der Waals surface area (Å²) in [5, 5.41) is 0. The maximum absolute atomic E-state index is 12.9. The molecule has 0 aromatic heterocycles. The van der Waals surface area contributed by atoms with Crippen LogP contribution in [0.1, 0.15) is 284 Å². The summed E-state index contributed by atoms with van der Waals surface area (Å²) in [6.07, 6.45) is 99.6. The number of phosphoric ester groups is 1. The van der Waals surface area contributed by atoms with Crippen molar-refractivity contribution in [3.8, 4) is 0 Å². The van der Waals surface area contributed by atoms with Crippen LogP contribution < -0.4 is 0 Å². The van der Waals surface area contributed by atoms with Crippen molar-refractivity contribution in [3.05, 3.63) is 146 Å². The first kappa shape index (κ1) is 83.9. The Kier molecular flexibility index (Phi) is 64.1. The lowest BCUT2D eigenvalue weighted by atomic mass is 10.0. The highest BCUT2D eigenvalue weighted by Gasteiger charge is 2.27. The summed E-state index contributed by atoms with van der Waals surface area (Å²) in [5.41, 5.74) is 0. The standard InChI is InChI=1S/C78H132NO8P/c1-6-8-10-12-14-16-18-20-22-24-26-28-30-31-32-33-34-35-36-37-38-39-40-41-42-43-44-45-46-47-49-51-53-55-57-59-61-63-65-67-69-71-78(81)87-76(75-86-88(82,83)85-73-72-79(3,4)5)74-84-77(80)70-68-66-64-62-60-58-56-54-52-50-48-29-27-25-23-21-19-17-15-13-11-9-7-2/h8-11,14-17,20-23,26-29,31-32,34-35,50,52,56,58,76H,6-7,12-13,18-19,24-25,30,33,36-49,51,53-55,57,59-75H2,1-5H3/p+1/b10-8-,11-9-,16-14-,17-15-,22-20-,23-21-,28-26-,29-27-,32-31-,35-34-,52-50-,58-56-. The van der Waals surface area contributed by atoms with E-state index in [-0.39, 0.29) is 26.1 Å². The van der Waals surface area contributed by atoms with Crippen molar-refractivity contribution >= 4 is 19.8 Å². The number of carbonyl (C=O) groups is 2. The van der Waals surface area contributed by atoms with Crippen molar-refractivity contribution in [2.24, 2.45) is 0 Å². The summed E-state index contributed by atoms with van der Waals surface area (Å²) in [7, 11) is 1.45. The number of likely N-dealkylation sites (N-methyl/N-ethyl adjacent to an activating group) is 1. The molecule has 0 aromatic carbocycles. The lowest BCUT2D eigenvalue weighted by Crippen LogP contribution is -2.37. The molecule has 2 unspecified atom stereocenters. The molecule has 0 saturated heterocycles. The molecule has 502 valence electrons. The van der Waals surface area contributed by atoms with Crippen LogP contribution in [0.3, 0.4) is 0 Å². The van der Waals surface area contributed by atoms with Crippen molar-refractivity contribution in [2.45, 2.75) is 290 Å². The zero-order valence-electron chi connectivity index (χ0n) is 57.2. The maximum atomic E-state index is 12.9. The zero-order valence-corrected chi connectivity index (χ0v) is 58.1. The van der Waals surface area contributed by atoms with Crippen molar-refractivity contribution in [1.82, 2.24) is 0 Å². The minimum atomic E-state index is -4.41. The van der Waals surface area contributed by atoms with E-state index in [0.717, 1.165) is 122 Å². The summed E-state index contributed by atoms with van der Waals surface area (Å²) in [5.74, 6) is -0.826. The van der Waals surface area contributed by atoms with Gasteiger partial charge in [0.25, 0.3) is 0 Å². The van der Waals surface area contributed by atoms with Gasteiger partial charge in [-0.3, -0.25) is 18.6 Å². The predicted molar refractivity (Wildman–Crippen MR) is 380 cm³/mol. The molecule has 88 heavy (non-hydrogen) atoms. The molecule has 0 aliphatic heterocycles. The second-order valence-electron chi connectivity index (χ2n) is 24.5. The number of carbonyl (C=O) groups excluding carboxylic acids is 2. The van der Waals surface area contributed by atoms with Crippen molar-refractivity contribution in [3.63, 3.8) is 0 Å². The summed E-state index contributed by atoms with van der Waals surface area (Å²) in [4.78, 5) is 35.8. The summed E-state index contributed by atoms with van der Waals surface area (Å²) in [6, 6.07) is 0. The van der Waals surface area contributed by atoms with Gasteiger partial charge in [0, 0.05) is 12.8 Å². The largest absolute Gasteiger partial charge is 0.472 e. The predicted octanol–water partition coefficient (Wildman–Crippen LogP) is 23.4. The van der Waals surface area contributed by atoms with E-state index in [1.165, 1.54) is 122 Å². The first-order chi connectivity index (χ1) is 43.0. The Morgan fingerprint density at radius 3 is 0.909 bits per heavy atom. The van der Waals surface area contributed by atoms with E-state index in [9.17, 15) is 19.0 Å². The average Bonchev–Trinajstić information content (AvgIpc) is 3.58. The third-order valence-electron chi connectivity index (χ3n) is 14.9. The van der Waals surface area contributed by atoms with Crippen molar-refractivity contribution in [2.75, 3.05) is 47.5 Å². The molecule has 9 nitrogen and oxygen atoms in total. The Bertz CT molecular complexity index is 2000. The number of nitrogens with zero attached hydrogens (tertiary/aromatic N) is 1. The van der Waals surface area contributed by atoms with Crippen molar-refractivity contribution in [1.29, 1.82) is 0 Å². The first-order valence-corrected chi connectivity index (χ1v) is 37.1. The highest BCUT2D eigenvalue weighted by Crippen LogP contribution is 2.43. The van der Waals surface area contributed by atoms with Crippen LogP contribution >= 0.6 is 7.82 Å². The fourth-order valence-electron chi connectivity index (χ4n) is 9.50. The lowest BCUT2D eigenvalue weighted by Gasteiger charge is -2.24. The molecule has 0 rings (SSSR count). The molecule has 0 aliphatic rings. The van der Waals surface area contributed by atoms with Crippen LogP contribution in [-0.4, -0.2) is 74.9 Å². The van der Waals surface area contributed by atoms with Gasteiger partial charge in [-0.05, 0) is 116 Å². The molecular formula is C78H133NO8P+. The third kappa shape index (κ3) is 71.0. The Morgan fingerprint density at radius 1 is 0.352 bits per heavy atom. The zero-order chi connectivity index (χ0) is 64.1. The fraction of sp³-hybridized carbons (Fsp3) is 0.667. The minimum absolute atomic E-state index is 0.0220. The molecule has 10 heteroatoms. The molecule has 0 aliphatic carbocycles.